The van der Waals surface area contributed by atoms with Crippen molar-refractivity contribution in [2.75, 3.05) is 13.7 Å². The first kappa shape index (κ1) is 23.3. The molecule has 3 rings (SSSR count). The van der Waals surface area contributed by atoms with Gasteiger partial charge in [0.2, 0.25) is 0 Å². The summed E-state index contributed by atoms with van der Waals surface area (Å²) in [5.41, 5.74) is 1.89. The van der Waals surface area contributed by atoms with E-state index >= 15 is 0 Å². The Morgan fingerprint density at radius 2 is 1.73 bits per heavy atom. The number of halogens is 2. The molecule has 1 aliphatic rings. The second-order valence-corrected chi connectivity index (χ2v) is 12.4. The van der Waals surface area contributed by atoms with Crippen molar-refractivity contribution in [1.82, 2.24) is 0 Å². The van der Waals surface area contributed by atoms with Crippen LogP contribution in [0.5, 0.6) is 5.75 Å². The number of hydrogen-bond acceptors (Lipinski definition) is 3. The fourth-order valence-corrected chi connectivity index (χ4v) is 8.01. The molecule has 0 radical (unpaired) electrons. The normalized spacial score (nSPS) is 18.9. The van der Waals surface area contributed by atoms with Gasteiger partial charge in [0, 0.05) is 28.6 Å². The largest absolute Gasteiger partial charge is 0.423 e. The molecule has 6 heteroatoms. The zero-order valence-corrected chi connectivity index (χ0v) is 20.2. The van der Waals surface area contributed by atoms with Gasteiger partial charge in [-0.2, -0.15) is 0 Å². The molecule has 2 aromatic carbocycles. The molecule has 1 saturated heterocycles. The Hall–Kier alpha value is -1.33. The Morgan fingerprint density at radius 3 is 2.40 bits per heavy atom. The van der Waals surface area contributed by atoms with E-state index in [-0.39, 0.29) is 5.97 Å². The highest BCUT2D eigenvalue weighted by atomic mass is 35.5. The molecule has 30 heavy (non-hydrogen) atoms. The summed E-state index contributed by atoms with van der Waals surface area (Å²) in [5.74, 6) is 0.635. The monoisotopic (exact) mass is 464 g/mol. The third-order valence-corrected chi connectivity index (χ3v) is 10.3. The molecule has 3 nitrogen and oxygen atoms in total. The molecule has 2 aromatic rings. The Kier molecular flexibility index (Phi) is 9.25. The number of carbonyl (C=O) groups excluding carboxylic acids is 1. The molecular formula is C24H30Cl2O3Si. The first-order chi connectivity index (χ1) is 14.6. The summed E-state index contributed by atoms with van der Waals surface area (Å²) < 4.78 is 10.5. The van der Waals surface area contributed by atoms with Crippen LogP contribution >= 0.6 is 23.2 Å². The summed E-state index contributed by atoms with van der Waals surface area (Å²) in [4.78, 5) is 12.4. The fraction of sp³-hybridized carbons (Fsp3) is 0.458. The summed E-state index contributed by atoms with van der Waals surface area (Å²) in [6.45, 7) is 0.894. The maximum atomic E-state index is 12.4. The van der Waals surface area contributed by atoms with E-state index in [0.717, 1.165) is 6.61 Å². The van der Waals surface area contributed by atoms with E-state index in [4.69, 9.17) is 32.7 Å². The second-order valence-electron chi connectivity index (χ2n) is 8.15. The van der Waals surface area contributed by atoms with Crippen molar-refractivity contribution in [3.63, 3.8) is 0 Å². The van der Waals surface area contributed by atoms with Crippen molar-refractivity contribution >= 4 is 38.0 Å². The molecule has 0 spiro atoms. The maximum absolute atomic E-state index is 12.4. The Balaban J connectivity index is 1.46. The second kappa shape index (κ2) is 11.9. The summed E-state index contributed by atoms with van der Waals surface area (Å²) >= 11 is 11.9. The zero-order valence-electron chi connectivity index (χ0n) is 17.5. The number of hydrogen-bond donors (Lipinski definition) is 0. The highest BCUT2D eigenvalue weighted by Gasteiger charge is 2.23. The molecule has 0 aliphatic carbocycles. The van der Waals surface area contributed by atoms with Crippen molar-refractivity contribution in [2.24, 2.45) is 0 Å². The van der Waals surface area contributed by atoms with Gasteiger partial charge in [0.25, 0.3) is 0 Å². The topological polar surface area (TPSA) is 35.5 Å². The summed E-state index contributed by atoms with van der Waals surface area (Å²) in [6, 6.07) is 17.1. The van der Waals surface area contributed by atoms with Crippen LogP contribution in [0.3, 0.4) is 0 Å². The predicted octanol–water partition coefficient (Wildman–Crippen LogP) is 7.13. The standard InChI is InChI=1S/C24H30Cl2O3Si/c1-28-13-3-2-4-14-30-15-11-19(12-16-30)18-5-7-20(8-6-18)24(27)29-21-9-10-22(25)23(26)17-21/h5-10,17,19,30H,2-4,11-16H2,1H3. The number of unbranched alkanes of at least 4 members (excludes halogenated alkanes) is 2. The van der Waals surface area contributed by atoms with E-state index in [1.807, 2.05) is 12.1 Å². The molecular weight excluding hydrogens is 435 g/mol. The lowest BCUT2D eigenvalue weighted by Crippen LogP contribution is -2.20. The SMILES string of the molecule is COCCCCC[SiH]1CCC(c2ccc(C(=O)Oc3ccc(Cl)c(Cl)c3)cc2)CC1. The van der Waals surface area contributed by atoms with E-state index in [2.05, 4.69) is 12.1 Å². The molecule has 162 valence electrons. The molecule has 1 heterocycles. The van der Waals surface area contributed by atoms with Gasteiger partial charge in [0.05, 0.1) is 15.6 Å². The number of ether oxygens (including phenoxy) is 2. The van der Waals surface area contributed by atoms with E-state index in [0.29, 0.717) is 27.3 Å². The van der Waals surface area contributed by atoms with Crippen molar-refractivity contribution in [3.8, 4) is 5.75 Å². The van der Waals surface area contributed by atoms with Gasteiger partial charge in [0.15, 0.2) is 0 Å². The molecule has 1 fully saturated rings. The summed E-state index contributed by atoms with van der Waals surface area (Å²) in [7, 11) is 1.23. The average molecular weight is 465 g/mol. The van der Waals surface area contributed by atoms with Gasteiger partial charge >= 0.3 is 5.97 Å². The molecule has 0 bridgehead atoms. The van der Waals surface area contributed by atoms with Gasteiger partial charge in [-0.3, -0.25) is 0 Å². The van der Waals surface area contributed by atoms with E-state index in [9.17, 15) is 4.79 Å². The summed E-state index contributed by atoms with van der Waals surface area (Å²) in [6.07, 6.45) is 6.46. The van der Waals surface area contributed by atoms with Gasteiger partial charge in [-0.15, -0.1) is 0 Å². The van der Waals surface area contributed by atoms with Gasteiger partial charge in [-0.25, -0.2) is 4.79 Å². The lowest BCUT2D eigenvalue weighted by atomic mass is 9.93. The zero-order chi connectivity index (χ0) is 21.3. The van der Waals surface area contributed by atoms with Crippen LogP contribution in [0, 0.1) is 0 Å². The molecule has 0 atom stereocenters. The lowest BCUT2D eigenvalue weighted by Gasteiger charge is -2.28. The Morgan fingerprint density at radius 1 is 1.00 bits per heavy atom. The minimum Gasteiger partial charge on any atom is -0.423 e. The molecule has 0 saturated carbocycles. The van der Waals surface area contributed by atoms with Gasteiger partial charge in [0.1, 0.15) is 5.75 Å². The molecule has 1 aliphatic heterocycles. The van der Waals surface area contributed by atoms with Gasteiger partial charge in [-0.1, -0.05) is 66.3 Å². The third-order valence-electron chi connectivity index (χ3n) is 6.03. The van der Waals surface area contributed by atoms with Crippen LogP contribution < -0.4 is 4.74 Å². The molecule has 0 N–H and O–H groups in total. The van der Waals surface area contributed by atoms with Crippen molar-refractivity contribution in [3.05, 3.63) is 63.6 Å². The van der Waals surface area contributed by atoms with Crippen molar-refractivity contribution in [2.45, 2.75) is 56.2 Å². The highest BCUT2D eigenvalue weighted by Crippen LogP contribution is 2.35. The Labute approximate surface area is 191 Å². The van der Waals surface area contributed by atoms with Crippen LogP contribution in [0.15, 0.2) is 42.5 Å². The molecule has 0 unspecified atom stereocenters. The van der Waals surface area contributed by atoms with E-state index in [1.165, 1.54) is 55.8 Å². The van der Waals surface area contributed by atoms with Gasteiger partial charge in [-0.05, 0) is 55.0 Å². The number of benzene rings is 2. The minimum absolute atomic E-state index is 0.367. The van der Waals surface area contributed by atoms with Gasteiger partial charge < -0.3 is 9.47 Å². The van der Waals surface area contributed by atoms with Crippen molar-refractivity contribution in [1.29, 1.82) is 0 Å². The number of methoxy groups -OCH3 is 1. The van der Waals surface area contributed by atoms with Crippen LogP contribution in [0.25, 0.3) is 0 Å². The number of carbonyl (C=O) groups is 1. The smallest absolute Gasteiger partial charge is 0.343 e. The maximum Gasteiger partial charge on any atom is 0.343 e. The first-order valence-corrected chi connectivity index (χ1v) is 14.0. The van der Waals surface area contributed by atoms with E-state index in [1.54, 1.807) is 25.3 Å². The fourth-order valence-electron chi connectivity index (χ4n) is 4.24. The summed E-state index contributed by atoms with van der Waals surface area (Å²) in [5, 5.41) is 0.802. The minimum atomic E-state index is -0.549. The quantitative estimate of drug-likeness (QED) is 0.171. The van der Waals surface area contributed by atoms with Crippen LogP contribution in [-0.4, -0.2) is 28.5 Å². The Bertz CT molecular complexity index is 818. The third kappa shape index (κ3) is 6.84. The van der Waals surface area contributed by atoms with Crippen LogP contribution in [0.4, 0.5) is 0 Å². The van der Waals surface area contributed by atoms with E-state index < -0.39 is 8.80 Å². The van der Waals surface area contributed by atoms with Crippen LogP contribution in [0.1, 0.15) is 53.9 Å². The predicted molar refractivity (Wildman–Crippen MR) is 127 cm³/mol. The molecule has 0 aromatic heterocycles. The first-order valence-electron chi connectivity index (χ1n) is 10.8. The van der Waals surface area contributed by atoms with Crippen LogP contribution in [0.2, 0.25) is 28.2 Å². The van der Waals surface area contributed by atoms with Crippen LogP contribution in [-0.2, 0) is 4.74 Å². The highest BCUT2D eigenvalue weighted by molar-refractivity contribution is 6.59. The number of rotatable bonds is 9. The lowest BCUT2D eigenvalue weighted by molar-refractivity contribution is 0.0735. The molecule has 0 amide bonds. The average Bonchev–Trinajstić information content (AvgIpc) is 2.77. The van der Waals surface area contributed by atoms with Crippen molar-refractivity contribution < 1.29 is 14.3 Å². The number of esters is 1.